The molecule has 0 spiro atoms. The predicted molar refractivity (Wildman–Crippen MR) is 52.3 cm³/mol. The molecule has 1 fully saturated rings. The maximum Gasteiger partial charge on any atom is 0.0600 e. The number of aliphatic hydroxyl groups excluding tert-OH is 1. The summed E-state index contributed by atoms with van der Waals surface area (Å²) in [5, 5.41) is 9.59. The third-order valence-corrected chi connectivity index (χ3v) is 2.34. The minimum atomic E-state index is -0.232. The van der Waals surface area contributed by atoms with E-state index in [9.17, 15) is 5.11 Å². The van der Waals surface area contributed by atoms with Crippen molar-refractivity contribution in [3.05, 3.63) is 0 Å². The summed E-state index contributed by atoms with van der Waals surface area (Å²) in [5.74, 6) is 5.78. The lowest BCUT2D eigenvalue weighted by molar-refractivity contribution is 0.0512. The van der Waals surface area contributed by atoms with Crippen LogP contribution in [0.15, 0.2) is 0 Å². The first-order chi connectivity index (χ1) is 6.33. The van der Waals surface area contributed by atoms with Gasteiger partial charge in [0.05, 0.1) is 12.2 Å². The molecule has 0 radical (unpaired) electrons. The van der Waals surface area contributed by atoms with Gasteiger partial charge in [0.1, 0.15) is 0 Å². The number of rotatable bonds is 4. The van der Waals surface area contributed by atoms with E-state index in [-0.39, 0.29) is 6.10 Å². The van der Waals surface area contributed by atoms with Gasteiger partial charge in [-0.25, -0.2) is 0 Å². The third-order valence-electron chi connectivity index (χ3n) is 2.34. The zero-order valence-corrected chi connectivity index (χ0v) is 8.25. The van der Waals surface area contributed by atoms with Gasteiger partial charge in [-0.05, 0) is 32.6 Å². The Kier molecular flexibility index (Phi) is 4.88. The average Bonchev–Trinajstić information content (AvgIpc) is 2.57. The fourth-order valence-electron chi connectivity index (χ4n) is 1.62. The Labute approximate surface area is 80.3 Å². The van der Waals surface area contributed by atoms with Gasteiger partial charge >= 0.3 is 0 Å². The lowest BCUT2D eigenvalue weighted by Gasteiger charge is -2.13. The van der Waals surface area contributed by atoms with Crippen LogP contribution in [-0.4, -0.2) is 23.9 Å². The van der Waals surface area contributed by atoms with Crippen LogP contribution in [0.2, 0.25) is 0 Å². The summed E-state index contributed by atoms with van der Waals surface area (Å²) in [5.41, 5.74) is 0. The van der Waals surface area contributed by atoms with Crippen molar-refractivity contribution in [2.24, 2.45) is 0 Å². The van der Waals surface area contributed by atoms with Crippen molar-refractivity contribution in [1.82, 2.24) is 0 Å². The number of ether oxygens (including phenoxy) is 1. The van der Waals surface area contributed by atoms with Gasteiger partial charge in [0, 0.05) is 13.0 Å². The van der Waals surface area contributed by atoms with Gasteiger partial charge in [0.25, 0.3) is 0 Å². The smallest absolute Gasteiger partial charge is 0.0600 e. The van der Waals surface area contributed by atoms with Crippen LogP contribution in [0.1, 0.15) is 39.0 Å². The lowest BCUT2D eigenvalue weighted by Crippen LogP contribution is -2.16. The van der Waals surface area contributed by atoms with Crippen molar-refractivity contribution in [3.63, 3.8) is 0 Å². The van der Waals surface area contributed by atoms with Crippen LogP contribution < -0.4 is 0 Å². The number of hydrogen-bond donors (Lipinski definition) is 1. The van der Waals surface area contributed by atoms with Crippen LogP contribution in [0.3, 0.4) is 0 Å². The minimum Gasteiger partial charge on any atom is -0.393 e. The second kappa shape index (κ2) is 6.01. The molecule has 0 aromatic rings. The summed E-state index contributed by atoms with van der Waals surface area (Å²) in [6, 6.07) is 0. The molecule has 2 heteroatoms. The Morgan fingerprint density at radius 3 is 3.08 bits per heavy atom. The van der Waals surface area contributed by atoms with Gasteiger partial charge in [0.2, 0.25) is 0 Å². The normalized spacial score (nSPS) is 23.7. The maximum absolute atomic E-state index is 9.59. The molecule has 74 valence electrons. The summed E-state index contributed by atoms with van der Waals surface area (Å²) < 4.78 is 5.43. The molecule has 0 bridgehead atoms. The summed E-state index contributed by atoms with van der Waals surface area (Å²) in [6.45, 7) is 2.69. The molecule has 0 aromatic carbocycles. The van der Waals surface area contributed by atoms with Gasteiger partial charge in [-0.3, -0.25) is 0 Å². The van der Waals surface area contributed by atoms with Crippen LogP contribution in [0, 0.1) is 11.8 Å². The number of hydrogen-bond acceptors (Lipinski definition) is 2. The highest BCUT2D eigenvalue weighted by atomic mass is 16.5. The quantitative estimate of drug-likeness (QED) is 0.671. The van der Waals surface area contributed by atoms with Crippen LogP contribution in [0.25, 0.3) is 0 Å². The SMILES string of the molecule is CC#CCCC(O)CC1CCCO1. The molecule has 1 saturated heterocycles. The molecule has 1 aliphatic rings. The standard InChI is InChI=1S/C11H18O2/c1-2-3-4-6-10(12)9-11-7-5-8-13-11/h10-12H,4-9H2,1H3. The van der Waals surface area contributed by atoms with Crippen molar-refractivity contribution in [1.29, 1.82) is 0 Å². The summed E-state index contributed by atoms with van der Waals surface area (Å²) in [7, 11) is 0. The fourth-order valence-corrected chi connectivity index (χ4v) is 1.62. The van der Waals surface area contributed by atoms with Crippen molar-refractivity contribution < 1.29 is 9.84 Å². The highest BCUT2D eigenvalue weighted by Gasteiger charge is 2.18. The lowest BCUT2D eigenvalue weighted by atomic mass is 10.1. The number of aliphatic hydroxyl groups is 1. The van der Waals surface area contributed by atoms with Crippen LogP contribution in [0.4, 0.5) is 0 Å². The van der Waals surface area contributed by atoms with E-state index in [0.717, 1.165) is 38.7 Å². The third kappa shape index (κ3) is 4.31. The van der Waals surface area contributed by atoms with Gasteiger partial charge in [-0.2, -0.15) is 0 Å². The maximum atomic E-state index is 9.59. The Bertz CT molecular complexity index is 184. The molecule has 1 aliphatic heterocycles. The predicted octanol–water partition coefficient (Wildman–Crippen LogP) is 1.72. The molecule has 2 nitrogen and oxygen atoms in total. The molecular weight excluding hydrogens is 164 g/mol. The largest absolute Gasteiger partial charge is 0.393 e. The van der Waals surface area contributed by atoms with Crippen LogP contribution in [0.5, 0.6) is 0 Å². The van der Waals surface area contributed by atoms with Gasteiger partial charge in [-0.1, -0.05) is 0 Å². The molecule has 0 saturated carbocycles. The molecule has 1 heterocycles. The molecule has 0 amide bonds. The molecule has 0 aliphatic carbocycles. The Hall–Kier alpha value is -0.520. The van der Waals surface area contributed by atoms with Gasteiger partial charge in [-0.15, -0.1) is 11.8 Å². The van der Waals surface area contributed by atoms with Crippen molar-refractivity contribution >= 4 is 0 Å². The van der Waals surface area contributed by atoms with E-state index in [4.69, 9.17) is 4.74 Å². The zero-order chi connectivity index (χ0) is 9.52. The van der Waals surface area contributed by atoms with E-state index < -0.39 is 0 Å². The summed E-state index contributed by atoms with van der Waals surface area (Å²) in [4.78, 5) is 0. The van der Waals surface area contributed by atoms with Crippen molar-refractivity contribution in [3.8, 4) is 11.8 Å². The Balaban J connectivity index is 2.07. The van der Waals surface area contributed by atoms with Gasteiger partial charge in [0.15, 0.2) is 0 Å². The van der Waals surface area contributed by atoms with Crippen LogP contribution >= 0.6 is 0 Å². The first-order valence-corrected chi connectivity index (χ1v) is 5.02. The van der Waals surface area contributed by atoms with E-state index in [2.05, 4.69) is 11.8 Å². The molecule has 0 aromatic heterocycles. The average molecular weight is 182 g/mol. The Morgan fingerprint density at radius 1 is 1.62 bits per heavy atom. The molecular formula is C11H18O2. The summed E-state index contributed by atoms with van der Waals surface area (Å²) in [6.07, 6.45) is 4.67. The fraction of sp³-hybridized carbons (Fsp3) is 0.818. The summed E-state index contributed by atoms with van der Waals surface area (Å²) >= 11 is 0. The topological polar surface area (TPSA) is 29.5 Å². The Morgan fingerprint density at radius 2 is 2.46 bits per heavy atom. The van der Waals surface area contributed by atoms with E-state index in [1.807, 2.05) is 6.92 Å². The van der Waals surface area contributed by atoms with E-state index >= 15 is 0 Å². The second-order valence-electron chi connectivity index (χ2n) is 3.49. The van der Waals surface area contributed by atoms with Crippen molar-refractivity contribution in [2.75, 3.05) is 6.61 Å². The first-order valence-electron chi connectivity index (χ1n) is 5.02. The first kappa shape index (κ1) is 10.6. The highest BCUT2D eigenvalue weighted by molar-refractivity contribution is 4.95. The van der Waals surface area contributed by atoms with E-state index in [1.165, 1.54) is 0 Å². The monoisotopic (exact) mass is 182 g/mol. The van der Waals surface area contributed by atoms with Crippen molar-refractivity contribution in [2.45, 2.75) is 51.2 Å². The van der Waals surface area contributed by atoms with E-state index in [0.29, 0.717) is 6.10 Å². The molecule has 2 unspecified atom stereocenters. The molecule has 13 heavy (non-hydrogen) atoms. The molecule has 1 rings (SSSR count). The highest BCUT2D eigenvalue weighted by Crippen LogP contribution is 2.18. The van der Waals surface area contributed by atoms with E-state index in [1.54, 1.807) is 0 Å². The minimum absolute atomic E-state index is 0.232. The zero-order valence-electron chi connectivity index (χ0n) is 8.25. The second-order valence-corrected chi connectivity index (χ2v) is 3.49. The van der Waals surface area contributed by atoms with Crippen LogP contribution in [-0.2, 0) is 4.74 Å². The van der Waals surface area contributed by atoms with Gasteiger partial charge < -0.3 is 9.84 Å². The molecule has 1 N–H and O–H groups in total. The molecule has 2 atom stereocenters.